The van der Waals surface area contributed by atoms with Crippen LogP contribution in [0.4, 0.5) is 0 Å². The SMILES string of the molecule is O=Cc1ccc(/C=C/c2ccccn2)nc1. The minimum atomic E-state index is 0.579. The third kappa shape index (κ3) is 2.60. The lowest BCUT2D eigenvalue weighted by Gasteiger charge is -1.93. The average molecular weight is 210 g/mol. The molecule has 0 unspecified atom stereocenters. The summed E-state index contributed by atoms with van der Waals surface area (Å²) < 4.78 is 0. The van der Waals surface area contributed by atoms with Crippen molar-refractivity contribution in [3.63, 3.8) is 0 Å². The van der Waals surface area contributed by atoms with Gasteiger partial charge in [-0.15, -0.1) is 0 Å². The first kappa shape index (κ1) is 10.2. The van der Waals surface area contributed by atoms with Crippen LogP contribution in [0.5, 0.6) is 0 Å². The summed E-state index contributed by atoms with van der Waals surface area (Å²) in [5.74, 6) is 0. The zero-order valence-corrected chi connectivity index (χ0v) is 8.58. The van der Waals surface area contributed by atoms with Gasteiger partial charge in [0.25, 0.3) is 0 Å². The molecule has 2 heterocycles. The molecule has 78 valence electrons. The molecule has 0 saturated carbocycles. The Kier molecular flexibility index (Phi) is 3.18. The van der Waals surface area contributed by atoms with Crippen LogP contribution in [0.15, 0.2) is 42.7 Å². The monoisotopic (exact) mass is 210 g/mol. The lowest BCUT2D eigenvalue weighted by atomic mass is 10.2. The molecule has 2 rings (SSSR count). The van der Waals surface area contributed by atoms with Crippen LogP contribution in [-0.2, 0) is 0 Å². The Morgan fingerprint density at radius 1 is 0.938 bits per heavy atom. The van der Waals surface area contributed by atoms with Crippen LogP contribution in [-0.4, -0.2) is 16.3 Å². The molecule has 0 aliphatic heterocycles. The fraction of sp³-hybridized carbons (Fsp3) is 0. The van der Waals surface area contributed by atoms with Crippen LogP contribution in [0, 0.1) is 0 Å². The summed E-state index contributed by atoms with van der Waals surface area (Å²) in [6.07, 6.45) is 7.80. The number of nitrogens with zero attached hydrogens (tertiary/aromatic N) is 2. The summed E-state index contributed by atoms with van der Waals surface area (Å²) in [4.78, 5) is 18.7. The molecule has 2 aromatic rings. The smallest absolute Gasteiger partial charge is 0.151 e. The zero-order chi connectivity index (χ0) is 11.2. The maximum absolute atomic E-state index is 10.4. The number of aromatic nitrogens is 2. The first-order valence-electron chi connectivity index (χ1n) is 4.89. The standard InChI is InChI=1S/C13H10N2O/c16-10-11-4-5-13(15-9-11)7-6-12-3-1-2-8-14-12/h1-10H/b7-6+. The summed E-state index contributed by atoms with van der Waals surface area (Å²) >= 11 is 0. The lowest BCUT2D eigenvalue weighted by molar-refractivity contribution is 0.112. The van der Waals surface area contributed by atoms with Gasteiger partial charge in [-0.1, -0.05) is 6.07 Å². The van der Waals surface area contributed by atoms with Crippen molar-refractivity contribution in [1.82, 2.24) is 9.97 Å². The second kappa shape index (κ2) is 4.98. The topological polar surface area (TPSA) is 42.9 Å². The number of pyridine rings is 2. The molecule has 0 aliphatic carbocycles. The Bertz CT molecular complexity index is 489. The number of hydrogen-bond acceptors (Lipinski definition) is 3. The van der Waals surface area contributed by atoms with Crippen molar-refractivity contribution < 1.29 is 4.79 Å². The molecule has 0 aliphatic rings. The van der Waals surface area contributed by atoms with Crippen molar-refractivity contribution in [2.24, 2.45) is 0 Å². The van der Waals surface area contributed by atoms with E-state index >= 15 is 0 Å². The van der Waals surface area contributed by atoms with Gasteiger partial charge in [-0.3, -0.25) is 14.8 Å². The Morgan fingerprint density at radius 3 is 2.31 bits per heavy atom. The number of aldehydes is 1. The molecule has 2 aromatic heterocycles. The van der Waals surface area contributed by atoms with E-state index in [1.54, 1.807) is 24.5 Å². The fourth-order valence-corrected chi connectivity index (χ4v) is 1.23. The van der Waals surface area contributed by atoms with Gasteiger partial charge in [0.15, 0.2) is 6.29 Å². The summed E-state index contributed by atoms with van der Waals surface area (Å²) in [6, 6.07) is 9.24. The molecule has 0 spiro atoms. The Hall–Kier alpha value is -2.29. The predicted molar refractivity (Wildman–Crippen MR) is 62.8 cm³/mol. The molecule has 16 heavy (non-hydrogen) atoms. The summed E-state index contributed by atoms with van der Waals surface area (Å²) in [5, 5.41) is 0. The van der Waals surface area contributed by atoms with E-state index in [0.29, 0.717) is 5.56 Å². The molecule has 0 atom stereocenters. The Labute approximate surface area is 93.5 Å². The Morgan fingerprint density at radius 2 is 1.75 bits per heavy atom. The Balaban J connectivity index is 2.14. The highest BCUT2D eigenvalue weighted by atomic mass is 16.1. The van der Waals surface area contributed by atoms with E-state index in [4.69, 9.17) is 0 Å². The highest BCUT2D eigenvalue weighted by Crippen LogP contribution is 2.04. The highest BCUT2D eigenvalue weighted by molar-refractivity contribution is 5.75. The molecule has 3 heteroatoms. The van der Waals surface area contributed by atoms with Crippen molar-refractivity contribution in [1.29, 1.82) is 0 Å². The van der Waals surface area contributed by atoms with Gasteiger partial charge in [-0.25, -0.2) is 0 Å². The van der Waals surface area contributed by atoms with Crippen molar-refractivity contribution in [2.75, 3.05) is 0 Å². The average Bonchev–Trinajstić information content (AvgIpc) is 2.38. The molecule has 0 saturated heterocycles. The summed E-state index contributed by atoms with van der Waals surface area (Å²) in [6.45, 7) is 0. The molecule has 0 fully saturated rings. The van der Waals surface area contributed by atoms with Gasteiger partial charge in [-0.2, -0.15) is 0 Å². The molecule has 0 radical (unpaired) electrons. The van der Waals surface area contributed by atoms with E-state index in [9.17, 15) is 4.79 Å². The van der Waals surface area contributed by atoms with Crippen molar-refractivity contribution in [3.05, 3.63) is 59.7 Å². The third-order valence-corrected chi connectivity index (χ3v) is 2.06. The van der Waals surface area contributed by atoms with Crippen LogP contribution in [0.1, 0.15) is 21.7 Å². The van der Waals surface area contributed by atoms with Gasteiger partial charge in [-0.05, 0) is 36.4 Å². The van der Waals surface area contributed by atoms with E-state index in [1.165, 1.54) is 0 Å². The second-order valence-electron chi connectivity index (χ2n) is 3.22. The largest absolute Gasteiger partial charge is 0.298 e. The molecule has 0 aromatic carbocycles. The van der Waals surface area contributed by atoms with E-state index in [1.807, 2.05) is 30.4 Å². The maximum atomic E-state index is 10.4. The van der Waals surface area contributed by atoms with E-state index in [0.717, 1.165) is 17.7 Å². The van der Waals surface area contributed by atoms with Crippen LogP contribution in [0.3, 0.4) is 0 Å². The van der Waals surface area contributed by atoms with Crippen LogP contribution < -0.4 is 0 Å². The maximum Gasteiger partial charge on any atom is 0.151 e. The van der Waals surface area contributed by atoms with Gasteiger partial charge in [0, 0.05) is 18.0 Å². The van der Waals surface area contributed by atoms with Crippen LogP contribution in [0.25, 0.3) is 12.2 Å². The normalized spacial score (nSPS) is 10.5. The number of carbonyl (C=O) groups is 1. The molecular weight excluding hydrogens is 200 g/mol. The van der Waals surface area contributed by atoms with Crippen LogP contribution in [0.2, 0.25) is 0 Å². The van der Waals surface area contributed by atoms with E-state index in [-0.39, 0.29) is 0 Å². The van der Waals surface area contributed by atoms with Crippen molar-refractivity contribution in [2.45, 2.75) is 0 Å². The zero-order valence-electron chi connectivity index (χ0n) is 8.58. The fourth-order valence-electron chi connectivity index (χ4n) is 1.23. The highest BCUT2D eigenvalue weighted by Gasteiger charge is 1.91. The molecule has 0 N–H and O–H groups in total. The molecule has 3 nitrogen and oxygen atoms in total. The van der Waals surface area contributed by atoms with Crippen molar-refractivity contribution >= 4 is 18.4 Å². The van der Waals surface area contributed by atoms with Gasteiger partial charge >= 0.3 is 0 Å². The first-order chi connectivity index (χ1) is 7.88. The minimum Gasteiger partial charge on any atom is -0.298 e. The first-order valence-corrected chi connectivity index (χ1v) is 4.89. The second-order valence-corrected chi connectivity index (χ2v) is 3.22. The van der Waals surface area contributed by atoms with Gasteiger partial charge in [0.05, 0.1) is 11.4 Å². The van der Waals surface area contributed by atoms with E-state index < -0.39 is 0 Å². The number of carbonyl (C=O) groups excluding carboxylic acids is 1. The summed E-state index contributed by atoms with van der Waals surface area (Å²) in [7, 11) is 0. The lowest BCUT2D eigenvalue weighted by Crippen LogP contribution is -1.84. The molecular formula is C13H10N2O. The number of hydrogen-bond donors (Lipinski definition) is 0. The van der Waals surface area contributed by atoms with Gasteiger partial charge in [0.2, 0.25) is 0 Å². The van der Waals surface area contributed by atoms with Crippen molar-refractivity contribution in [3.8, 4) is 0 Å². The third-order valence-electron chi connectivity index (χ3n) is 2.06. The number of rotatable bonds is 3. The minimum absolute atomic E-state index is 0.579. The summed E-state index contributed by atoms with van der Waals surface area (Å²) in [5.41, 5.74) is 2.26. The van der Waals surface area contributed by atoms with Crippen LogP contribution >= 0.6 is 0 Å². The quantitative estimate of drug-likeness (QED) is 0.731. The predicted octanol–water partition coefficient (Wildman–Crippen LogP) is 2.46. The van der Waals surface area contributed by atoms with Gasteiger partial charge in [0.1, 0.15) is 0 Å². The molecule has 0 amide bonds. The van der Waals surface area contributed by atoms with Gasteiger partial charge < -0.3 is 0 Å². The molecule has 0 bridgehead atoms. The van der Waals surface area contributed by atoms with E-state index in [2.05, 4.69) is 9.97 Å².